The number of hydrogen-bond acceptors (Lipinski definition) is 3. The maximum atomic E-state index is 12.9. The van der Waals surface area contributed by atoms with Crippen LogP contribution in [0, 0.1) is 0 Å². The molecule has 0 aromatic heterocycles. The number of carbonyl (C=O) groups is 1. The van der Waals surface area contributed by atoms with Gasteiger partial charge in [0.1, 0.15) is 0 Å². The average molecular weight is 483 g/mol. The Morgan fingerprint density at radius 3 is 2.44 bits per heavy atom. The van der Waals surface area contributed by atoms with Crippen LogP contribution < -0.4 is 5.32 Å². The second-order valence-electron chi connectivity index (χ2n) is 8.09. The first kappa shape index (κ1) is 22.5. The molecule has 34 heavy (non-hydrogen) atoms. The van der Waals surface area contributed by atoms with Crippen molar-refractivity contribution in [2.45, 2.75) is 22.6 Å². The van der Waals surface area contributed by atoms with E-state index in [1.54, 1.807) is 11.8 Å². The van der Waals surface area contributed by atoms with Crippen molar-refractivity contribution >= 4 is 40.7 Å². The molecule has 1 aliphatic rings. The third kappa shape index (κ3) is 5.09. The Morgan fingerprint density at radius 2 is 1.62 bits per heavy atom. The fourth-order valence-electron chi connectivity index (χ4n) is 3.95. The van der Waals surface area contributed by atoms with E-state index in [-0.39, 0.29) is 5.91 Å². The smallest absolute Gasteiger partial charge is 0.251 e. The monoisotopic (exact) mass is 482 g/mol. The SMILES string of the molecule is O=C(NCCCc1ccccc1)c1ccc2c(c1)N=C(c1ccc(Cl)cc1)c1ccccc1S2. The van der Waals surface area contributed by atoms with Crippen LogP contribution in [0.4, 0.5) is 5.69 Å². The lowest BCUT2D eigenvalue weighted by Gasteiger charge is -2.09. The molecule has 0 saturated carbocycles. The molecule has 4 aromatic carbocycles. The number of carbonyl (C=O) groups excluding carboxylic acids is 1. The van der Waals surface area contributed by atoms with Gasteiger partial charge in [-0.25, -0.2) is 4.99 Å². The van der Waals surface area contributed by atoms with Crippen LogP contribution in [0.15, 0.2) is 112 Å². The van der Waals surface area contributed by atoms with Crippen LogP contribution in [0.5, 0.6) is 0 Å². The number of amides is 1. The van der Waals surface area contributed by atoms with Gasteiger partial charge in [-0.1, -0.05) is 84.0 Å². The zero-order chi connectivity index (χ0) is 23.3. The maximum absolute atomic E-state index is 12.9. The molecular weight excluding hydrogens is 460 g/mol. The Kier molecular flexibility index (Phi) is 6.79. The fraction of sp³-hybridized carbons (Fsp3) is 0.103. The van der Waals surface area contributed by atoms with Crippen LogP contribution in [-0.2, 0) is 6.42 Å². The number of aliphatic imine (C=N–C) groups is 1. The van der Waals surface area contributed by atoms with Gasteiger partial charge in [-0.3, -0.25) is 4.79 Å². The van der Waals surface area contributed by atoms with Gasteiger partial charge in [-0.15, -0.1) is 0 Å². The topological polar surface area (TPSA) is 41.5 Å². The summed E-state index contributed by atoms with van der Waals surface area (Å²) in [6, 6.07) is 32.0. The number of halogens is 1. The number of benzene rings is 4. The van der Waals surface area contributed by atoms with Gasteiger partial charge in [-0.2, -0.15) is 0 Å². The van der Waals surface area contributed by atoms with E-state index in [2.05, 4.69) is 29.6 Å². The molecule has 5 rings (SSSR count). The molecule has 0 bridgehead atoms. The van der Waals surface area contributed by atoms with Crippen molar-refractivity contribution in [3.8, 4) is 0 Å². The van der Waals surface area contributed by atoms with Crippen LogP contribution >= 0.6 is 23.4 Å². The van der Waals surface area contributed by atoms with Crippen LogP contribution in [-0.4, -0.2) is 18.2 Å². The van der Waals surface area contributed by atoms with Gasteiger partial charge in [0.05, 0.1) is 11.4 Å². The summed E-state index contributed by atoms with van der Waals surface area (Å²) in [7, 11) is 0. The quantitative estimate of drug-likeness (QED) is 0.257. The first-order valence-corrected chi connectivity index (χ1v) is 12.4. The first-order chi connectivity index (χ1) is 16.7. The molecule has 5 heteroatoms. The number of nitrogens with zero attached hydrogens (tertiary/aromatic N) is 1. The predicted octanol–water partition coefficient (Wildman–Crippen LogP) is 7.34. The Balaban J connectivity index is 1.39. The van der Waals surface area contributed by atoms with Crippen molar-refractivity contribution < 1.29 is 4.79 Å². The molecule has 3 nitrogen and oxygen atoms in total. The van der Waals surface area contributed by atoms with Crippen LogP contribution in [0.25, 0.3) is 0 Å². The van der Waals surface area contributed by atoms with E-state index in [1.807, 2.05) is 72.8 Å². The third-order valence-electron chi connectivity index (χ3n) is 5.70. The summed E-state index contributed by atoms with van der Waals surface area (Å²) in [5.41, 5.74) is 5.62. The lowest BCUT2D eigenvalue weighted by Crippen LogP contribution is -2.24. The minimum absolute atomic E-state index is 0.0779. The van der Waals surface area contributed by atoms with E-state index in [0.29, 0.717) is 17.1 Å². The normalized spacial score (nSPS) is 12.2. The molecular formula is C29H23ClN2OS. The van der Waals surface area contributed by atoms with Gasteiger partial charge in [0.25, 0.3) is 5.91 Å². The summed E-state index contributed by atoms with van der Waals surface area (Å²) in [5, 5.41) is 3.74. The van der Waals surface area contributed by atoms with E-state index in [0.717, 1.165) is 45.2 Å². The van der Waals surface area contributed by atoms with Gasteiger partial charge < -0.3 is 5.32 Å². The molecule has 0 atom stereocenters. The Morgan fingerprint density at radius 1 is 0.853 bits per heavy atom. The molecule has 0 saturated heterocycles. The summed E-state index contributed by atoms with van der Waals surface area (Å²) in [5.74, 6) is -0.0779. The Labute approximate surface area is 208 Å². The molecule has 0 fully saturated rings. The average Bonchev–Trinajstić information content (AvgIpc) is 3.04. The van der Waals surface area contributed by atoms with E-state index < -0.39 is 0 Å². The standard InChI is InChI=1S/C29H23ClN2OS/c30-23-15-12-21(13-16-23)28-24-10-4-5-11-26(24)34-27-17-14-22(19-25(27)32-28)29(33)31-18-6-9-20-7-2-1-3-8-20/h1-5,7-8,10-17,19H,6,9,18H2,(H,31,33). The zero-order valence-corrected chi connectivity index (χ0v) is 20.1. The Hall–Kier alpha value is -3.34. The van der Waals surface area contributed by atoms with Crippen molar-refractivity contribution in [1.29, 1.82) is 0 Å². The predicted molar refractivity (Wildman–Crippen MR) is 141 cm³/mol. The second kappa shape index (κ2) is 10.3. The largest absolute Gasteiger partial charge is 0.352 e. The lowest BCUT2D eigenvalue weighted by atomic mass is 10.0. The van der Waals surface area contributed by atoms with E-state index >= 15 is 0 Å². The molecule has 0 radical (unpaired) electrons. The molecule has 4 aromatic rings. The number of nitrogens with one attached hydrogen (secondary N) is 1. The Bertz CT molecular complexity index is 1350. The van der Waals surface area contributed by atoms with Crippen molar-refractivity contribution in [3.63, 3.8) is 0 Å². The summed E-state index contributed by atoms with van der Waals surface area (Å²) in [4.78, 5) is 20.0. The van der Waals surface area contributed by atoms with Crippen LogP contribution in [0.3, 0.4) is 0 Å². The van der Waals surface area contributed by atoms with E-state index in [4.69, 9.17) is 16.6 Å². The van der Waals surface area contributed by atoms with Gasteiger partial charge in [-0.05, 0) is 54.8 Å². The number of hydrogen-bond donors (Lipinski definition) is 1. The fourth-order valence-corrected chi connectivity index (χ4v) is 5.08. The molecule has 168 valence electrons. The van der Waals surface area contributed by atoms with Crippen molar-refractivity contribution in [3.05, 3.63) is 124 Å². The highest BCUT2D eigenvalue weighted by molar-refractivity contribution is 7.99. The highest BCUT2D eigenvalue weighted by atomic mass is 35.5. The first-order valence-electron chi connectivity index (χ1n) is 11.3. The van der Waals surface area contributed by atoms with E-state index in [1.165, 1.54) is 5.56 Å². The molecule has 1 N–H and O–H groups in total. The highest BCUT2D eigenvalue weighted by Crippen LogP contribution is 2.41. The minimum atomic E-state index is -0.0779. The molecule has 0 spiro atoms. The summed E-state index contributed by atoms with van der Waals surface area (Å²) in [6.45, 7) is 0.629. The van der Waals surface area contributed by atoms with Gasteiger partial charge >= 0.3 is 0 Å². The summed E-state index contributed by atoms with van der Waals surface area (Å²) < 4.78 is 0. The minimum Gasteiger partial charge on any atom is -0.352 e. The molecule has 1 amide bonds. The number of fused-ring (bicyclic) bond motifs is 2. The molecule has 1 aliphatic heterocycles. The number of aryl methyl sites for hydroxylation is 1. The van der Waals surface area contributed by atoms with Crippen molar-refractivity contribution in [1.82, 2.24) is 5.32 Å². The van der Waals surface area contributed by atoms with E-state index in [9.17, 15) is 4.79 Å². The molecule has 1 heterocycles. The summed E-state index contributed by atoms with van der Waals surface area (Å²) in [6.07, 6.45) is 1.83. The van der Waals surface area contributed by atoms with Gasteiger partial charge in [0.15, 0.2) is 0 Å². The summed E-state index contributed by atoms with van der Waals surface area (Å²) >= 11 is 7.79. The van der Waals surface area contributed by atoms with Crippen molar-refractivity contribution in [2.75, 3.05) is 6.54 Å². The zero-order valence-electron chi connectivity index (χ0n) is 18.5. The van der Waals surface area contributed by atoms with Crippen LogP contribution in [0.2, 0.25) is 5.02 Å². The second-order valence-corrected chi connectivity index (χ2v) is 9.61. The van der Waals surface area contributed by atoms with Crippen LogP contribution in [0.1, 0.15) is 33.5 Å². The maximum Gasteiger partial charge on any atom is 0.251 e. The van der Waals surface area contributed by atoms with Gasteiger partial charge in [0, 0.05) is 38.0 Å². The molecule has 0 unspecified atom stereocenters. The highest BCUT2D eigenvalue weighted by Gasteiger charge is 2.20. The van der Waals surface area contributed by atoms with Gasteiger partial charge in [0.2, 0.25) is 0 Å². The number of rotatable bonds is 6. The molecule has 0 aliphatic carbocycles. The van der Waals surface area contributed by atoms with Crippen molar-refractivity contribution in [2.24, 2.45) is 4.99 Å². The third-order valence-corrected chi connectivity index (χ3v) is 7.10. The lowest BCUT2D eigenvalue weighted by molar-refractivity contribution is 0.0953.